The van der Waals surface area contributed by atoms with Crippen molar-refractivity contribution in [3.8, 4) is 0 Å². The number of carboxylic acids is 1. The number of furan rings is 1. The van der Waals surface area contributed by atoms with E-state index in [1.807, 2.05) is 5.38 Å². The summed E-state index contributed by atoms with van der Waals surface area (Å²) in [5.41, 5.74) is 1.90. The predicted molar refractivity (Wildman–Crippen MR) is 87.0 cm³/mol. The average molecular weight is 336 g/mol. The van der Waals surface area contributed by atoms with E-state index in [1.54, 1.807) is 18.3 Å². The number of amides is 1. The van der Waals surface area contributed by atoms with Crippen molar-refractivity contribution in [2.24, 2.45) is 0 Å². The topological polar surface area (TPSA) is 92.4 Å². The number of aliphatic carboxylic acids is 1. The van der Waals surface area contributed by atoms with Crippen LogP contribution in [0.25, 0.3) is 0 Å². The number of rotatable bonds is 7. The highest BCUT2D eigenvalue weighted by Gasteiger charge is 2.20. The van der Waals surface area contributed by atoms with Gasteiger partial charge in [-0.25, -0.2) is 4.98 Å². The summed E-state index contributed by atoms with van der Waals surface area (Å²) in [4.78, 5) is 27.6. The van der Waals surface area contributed by atoms with Crippen molar-refractivity contribution < 1.29 is 19.1 Å². The summed E-state index contributed by atoms with van der Waals surface area (Å²) in [5.74, 6) is -0.761. The summed E-state index contributed by atoms with van der Waals surface area (Å²) in [6.07, 6.45) is 1.74. The molecule has 1 amide bonds. The minimum Gasteiger partial charge on any atom is -0.481 e. The third kappa shape index (κ3) is 4.41. The van der Waals surface area contributed by atoms with Gasteiger partial charge in [0, 0.05) is 29.8 Å². The molecular formula is C16H20N2O4S. The Morgan fingerprint density at radius 3 is 2.78 bits per heavy atom. The Hall–Kier alpha value is -2.15. The maximum absolute atomic E-state index is 12.3. The number of carbonyl (C=O) groups is 2. The molecule has 0 atom stereocenters. The zero-order chi connectivity index (χ0) is 17.0. The number of nitrogens with one attached hydrogen (secondary N) is 1. The molecule has 0 bridgehead atoms. The van der Waals surface area contributed by atoms with Crippen LogP contribution in [0.3, 0.4) is 0 Å². The first-order valence-electron chi connectivity index (χ1n) is 7.39. The fourth-order valence-electron chi connectivity index (χ4n) is 2.17. The number of aromatic nitrogens is 1. The zero-order valence-corrected chi connectivity index (χ0v) is 14.2. The first kappa shape index (κ1) is 17.2. The fourth-order valence-corrected chi connectivity index (χ4v) is 3.03. The van der Waals surface area contributed by atoms with E-state index >= 15 is 0 Å². The van der Waals surface area contributed by atoms with E-state index in [1.165, 1.54) is 6.26 Å². The Kier molecular flexibility index (Phi) is 5.54. The standard InChI is InChI=1S/C16H20N2O4S/c1-9(2)16-18-11(8-23-16)4-5-17-15(21)14-10(3)7-22-12(14)6-13(19)20/h7-9H,4-6H2,1-3H3,(H,17,21)(H,19,20). The molecule has 6 nitrogen and oxygen atoms in total. The lowest BCUT2D eigenvalue weighted by Crippen LogP contribution is -2.27. The van der Waals surface area contributed by atoms with Gasteiger partial charge in [0.1, 0.15) is 12.2 Å². The van der Waals surface area contributed by atoms with Gasteiger partial charge in [0.05, 0.1) is 22.5 Å². The molecule has 0 spiro atoms. The van der Waals surface area contributed by atoms with Crippen molar-refractivity contribution in [3.63, 3.8) is 0 Å². The minimum absolute atomic E-state index is 0.184. The van der Waals surface area contributed by atoms with Crippen molar-refractivity contribution in [1.82, 2.24) is 10.3 Å². The first-order chi connectivity index (χ1) is 10.9. The van der Waals surface area contributed by atoms with Gasteiger partial charge in [-0.1, -0.05) is 13.8 Å². The summed E-state index contributed by atoms with van der Waals surface area (Å²) < 4.78 is 5.17. The van der Waals surface area contributed by atoms with E-state index in [9.17, 15) is 9.59 Å². The van der Waals surface area contributed by atoms with Gasteiger partial charge < -0.3 is 14.8 Å². The second kappa shape index (κ2) is 7.41. The van der Waals surface area contributed by atoms with Gasteiger partial charge >= 0.3 is 5.97 Å². The molecule has 0 aliphatic heterocycles. The molecular weight excluding hydrogens is 316 g/mol. The molecule has 2 aromatic heterocycles. The van der Waals surface area contributed by atoms with Gasteiger partial charge in [0.25, 0.3) is 5.91 Å². The number of aryl methyl sites for hydroxylation is 1. The monoisotopic (exact) mass is 336 g/mol. The number of carboxylic acid groups (broad SMARTS) is 1. The van der Waals surface area contributed by atoms with E-state index in [0.29, 0.717) is 30.0 Å². The van der Waals surface area contributed by atoms with Gasteiger partial charge in [0.2, 0.25) is 0 Å². The molecule has 0 radical (unpaired) electrons. The van der Waals surface area contributed by atoms with Gasteiger partial charge in [-0.15, -0.1) is 11.3 Å². The van der Waals surface area contributed by atoms with E-state index in [0.717, 1.165) is 10.7 Å². The Balaban J connectivity index is 1.94. The molecule has 2 rings (SSSR count). The second-order valence-corrected chi connectivity index (χ2v) is 6.51. The normalized spacial score (nSPS) is 11.0. The lowest BCUT2D eigenvalue weighted by molar-refractivity contribution is -0.136. The van der Waals surface area contributed by atoms with Crippen LogP contribution in [0.15, 0.2) is 16.1 Å². The quantitative estimate of drug-likeness (QED) is 0.811. The SMILES string of the molecule is Cc1coc(CC(=O)O)c1C(=O)NCCc1csc(C(C)C)n1. The molecule has 7 heteroatoms. The van der Waals surface area contributed by atoms with Crippen LogP contribution in [0, 0.1) is 6.92 Å². The van der Waals surface area contributed by atoms with Crippen molar-refractivity contribution >= 4 is 23.2 Å². The van der Waals surface area contributed by atoms with Crippen molar-refractivity contribution in [3.05, 3.63) is 39.2 Å². The van der Waals surface area contributed by atoms with E-state index in [-0.39, 0.29) is 18.1 Å². The molecule has 2 aromatic rings. The molecule has 0 saturated carbocycles. The largest absolute Gasteiger partial charge is 0.481 e. The molecule has 0 aliphatic rings. The van der Waals surface area contributed by atoms with Gasteiger partial charge in [0.15, 0.2) is 0 Å². The van der Waals surface area contributed by atoms with E-state index in [4.69, 9.17) is 9.52 Å². The summed E-state index contributed by atoms with van der Waals surface area (Å²) >= 11 is 1.62. The molecule has 0 aromatic carbocycles. The van der Waals surface area contributed by atoms with Crippen LogP contribution in [0.2, 0.25) is 0 Å². The smallest absolute Gasteiger partial charge is 0.311 e. The highest BCUT2D eigenvalue weighted by Crippen LogP contribution is 2.20. The second-order valence-electron chi connectivity index (χ2n) is 5.63. The van der Waals surface area contributed by atoms with Gasteiger partial charge in [-0.05, 0) is 6.92 Å². The van der Waals surface area contributed by atoms with Crippen LogP contribution < -0.4 is 5.32 Å². The molecule has 23 heavy (non-hydrogen) atoms. The first-order valence-corrected chi connectivity index (χ1v) is 8.27. The van der Waals surface area contributed by atoms with Crippen LogP contribution >= 0.6 is 11.3 Å². The number of carbonyl (C=O) groups excluding carboxylic acids is 1. The molecule has 2 heterocycles. The van der Waals surface area contributed by atoms with Crippen molar-refractivity contribution in [2.45, 2.75) is 39.5 Å². The predicted octanol–water partition coefficient (Wildman–Crippen LogP) is 2.77. The number of thiazole rings is 1. The summed E-state index contributed by atoms with van der Waals surface area (Å²) in [7, 11) is 0. The Morgan fingerprint density at radius 2 is 2.17 bits per heavy atom. The van der Waals surface area contributed by atoms with E-state index in [2.05, 4.69) is 24.1 Å². The molecule has 0 unspecified atom stereocenters. The maximum Gasteiger partial charge on any atom is 0.311 e. The molecule has 2 N–H and O–H groups in total. The highest BCUT2D eigenvalue weighted by atomic mass is 32.1. The zero-order valence-electron chi connectivity index (χ0n) is 13.4. The number of hydrogen-bond acceptors (Lipinski definition) is 5. The van der Waals surface area contributed by atoms with E-state index < -0.39 is 5.97 Å². The van der Waals surface area contributed by atoms with Crippen molar-refractivity contribution in [2.75, 3.05) is 6.54 Å². The summed E-state index contributed by atoms with van der Waals surface area (Å²) in [5, 5.41) is 14.7. The Morgan fingerprint density at radius 1 is 1.43 bits per heavy atom. The van der Waals surface area contributed by atoms with Crippen LogP contribution in [0.4, 0.5) is 0 Å². The lowest BCUT2D eigenvalue weighted by atomic mass is 10.1. The lowest BCUT2D eigenvalue weighted by Gasteiger charge is -2.05. The van der Waals surface area contributed by atoms with Crippen LogP contribution in [-0.2, 0) is 17.6 Å². The average Bonchev–Trinajstić information content (AvgIpc) is 3.06. The maximum atomic E-state index is 12.3. The van der Waals surface area contributed by atoms with Crippen LogP contribution in [-0.4, -0.2) is 28.5 Å². The third-order valence-corrected chi connectivity index (χ3v) is 4.51. The summed E-state index contributed by atoms with van der Waals surface area (Å²) in [6, 6.07) is 0. The van der Waals surface area contributed by atoms with Gasteiger partial charge in [-0.3, -0.25) is 9.59 Å². The van der Waals surface area contributed by atoms with Crippen molar-refractivity contribution in [1.29, 1.82) is 0 Å². The number of hydrogen-bond donors (Lipinski definition) is 2. The Labute approximate surface area is 138 Å². The molecule has 124 valence electrons. The third-order valence-electron chi connectivity index (χ3n) is 3.32. The molecule has 0 saturated heterocycles. The van der Waals surface area contributed by atoms with Gasteiger partial charge in [-0.2, -0.15) is 0 Å². The van der Waals surface area contributed by atoms with Crippen LogP contribution in [0.1, 0.15) is 52.1 Å². The molecule has 0 aliphatic carbocycles. The number of nitrogens with zero attached hydrogens (tertiary/aromatic N) is 1. The highest BCUT2D eigenvalue weighted by molar-refractivity contribution is 7.09. The minimum atomic E-state index is -1.03. The van der Waals surface area contributed by atoms with Crippen LogP contribution in [0.5, 0.6) is 0 Å². The fraction of sp³-hybridized carbons (Fsp3) is 0.438. The summed E-state index contributed by atoms with van der Waals surface area (Å²) in [6.45, 7) is 6.35. The Bertz CT molecular complexity index is 703. The molecule has 0 fully saturated rings.